The van der Waals surface area contributed by atoms with E-state index in [0.717, 1.165) is 88.8 Å². The van der Waals surface area contributed by atoms with E-state index in [0.29, 0.717) is 29.4 Å². The minimum Gasteiger partial charge on any atom is -0.508 e. The Labute approximate surface area is 357 Å². The number of fused-ring (bicyclic) bond motifs is 7. The summed E-state index contributed by atoms with van der Waals surface area (Å²) in [7, 11) is 3.18. The number of aromatic hydroxyl groups is 2. The van der Waals surface area contributed by atoms with Crippen molar-refractivity contribution in [3.8, 4) is 51.7 Å². The third-order valence-corrected chi connectivity index (χ3v) is 14.7. The van der Waals surface area contributed by atoms with Crippen molar-refractivity contribution in [3.05, 3.63) is 124 Å². The van der Waals surface area contributed by atoms with Crippen molar-refractivity contribution in [2.75, 3.05) is 26.6 Å². The highest BCUT2D eigenvalue weighted by Crippen LogP contribution is 2.64. The van der Waals surface area contributed by atoms with Gasteiger partial charge in [-0.1, -0.05) is 67.3 Å². The summed E-state index contributed by atoms with van der Waals surface area (Å²) in [5.41, 5.74) is 16.1. The highest BCUT2D eigenvalue weighted by molar-refractivity contribution is 5.84. The van der Waals surface area contributed by atoms with Crippen LogP contribution in [0.25, 0.3) is 11.1 Å². The maximum Gasteiger partial charge on any atom is 0.302 e. The number of phenols is 2. The molecule has 1 spiro atoms. The van der Waals surface area contributed by atoms with E-state index in [2.05, 4.69) is 60.4 Å². The number of esters is 1. The topological polar surface area (TPSA) is 133 Å². The standard InChI is InChI=1S/C52H52N2O7/c1-30(55)60-29-41-37-14-15-38-47-33(22-35(56)24-45(47)59-3)27-52-21-18-32(26-52)40(28-51(19-7-8-20-51)34-11-5-4-6-12-34)36-16-17-46(53)54-42(36)13-9-10-31-23-43(57)44(58-2)25-39(31)49(41)61-50(37)48(38)52/h4-6,11-12,14-17,22-25,32,40-41,49,56-57H,7-8,10,18-21,26-29H2,1-3H3,(H2,53,54). The van der Waals surface area contributed by atoms with Gasteiger partial charge in [0.15, 0.2) is 11.5 Å². The number of aromatic nitrogens is 1. The number of rotatable bonds is 7. The largest absolute Gasteiger partial charge is 0.508 e. The lowest BCUT2D eigenvalue weighted by Crippen LogP contribution is -2.32. The van der Waals surface area contributed by atoms with Crippen LogP contribution in [0.15, 0.2) is 78.9 Å². The number of benzene rings is 4. The Bertz CT molecular complexity index is 2620. The average Bonchev–Trinajstić information content (AvgIpc) is 4.00. The molecule has 1 aromatic heterocycles. The Balaban J connectivity index is 1.23. The van der Waals surface area contributed by atoms with E-state index in [-0.39, 0.29) is 59.1 Å². The van der Waals surface area contributed by atoms with E-state index in [9.17, 15) is 15.0 Å². The fourth-order valence-corrected chi connectivity index (χ4v) is 12.1. The van der Waals surface area contributed by atoms with Crippen molar-refractivity contribution in [1.29, 1.82) is 0 Å². The zero-order valence-electron chi connectivity index (χ0n) is 35.1. The number of phenolic OH excluding ortho intramolecular Hbond substituents is 2. The van der Waals surface area contributed by atoms with E-state index >= 15 is 0 Å². The van der Waals surface area contributed by atoms with Gasteiger partial charge in [0.1, 0.15) is 41.5 Å². The van der Waals surface area contributed by atoms with Crippen LogP contribution in [0.5, 0.6) is 28.7 Å². The monoisotopic (exact) mass is 816 g/mol. The maximum atomic E-state index is 12.5. The minimum atomic E-state index is -0.587. The fourth-order valence-electron chi connectivity index (χ4n) is 12.1. The summed E-state index contributed by atoms with van der Waals surface area (Å²) in [6.07, 6.45) is 8.73. The SMILES string of the molecule is COc1cc2c(cc1O)CC#Cc1nc(N)ccc1C(CC1(c3ccccc3)CCCC1)C1CCC3(Cc4cc(O)cc(OC)c4-c4ccc5c(c43)OC2C5COC(C)=O)C1. The van der Waals surface area contributed by atoms with Crippen LogP contribution in [0.4, 0.5) is 5.82 Å². The quantitative estimate of drug-likeness (QED) is 0.108. The summed E-state index contributed by atoms with van der Waals surface area (Å²) in [6, 6.07) is 26.6. The highest BCUT2D eigenvalue weighted by atomic mass is 16.5. The van der Waals surface area contributed by atoms with Crippen molar-refractivity contribution >= 4 is 11.8 Å². The zero-order chi connectivity index (χ0) is 42.0. The second-order valence-electron chi connectivity index (χ2n) is 18.0. The van der Waals surface area contributed by atoms with Crippen LogP contribution in [0.2, 0.25) is 0 Å². The molecule has 9 nitrogen and oxygen atoms in total. The number of hydrogen-bond acceptors (Lipinski definition) is 9. The Morgan fingerprint density at radius 2 is 1.69 bits per heavy atom. The number of anilines is 1. The molecule has 4 N–H and O–H groups in total. The molecule has 3 aliphatic carbocycles. The molecule has 2 saturated carbocycles. The van der Waals surface area contributed by atoms with Gasteiger partial charge in [0.05, 0.1) is 20.1 Å². The normalized spacial score (nSPS) is 23.8. The summed E-state index contributed by atoms with van der Waals surface area (Å²) in [6.45, 7) is 1.53. The summed E-state index contributed by atoms with van der Waals surface area (Å²) >= 11 is 0. The maximum absolute atomic E-state index is 12.5. The van der Waals surface area contributed by atoms with Gasteiger partial charge in [0, 0.05) is 47.1 Å². The van der Waals surface area contributed by atoms with Gasteiger partial charge < -0.3 is 34.9 Å². The molecule has 5 aliphatic rings. The van der Waals surface area contributed by atoms with Gasteiger partial charge in [-0.05, 0) is 120 Å². The predicted octanol–water partition coefficient (Wildman–Crippen LogP) is 9.73. The Morgan fingerprint density at radius 3 is 2.46 bits per heavy atom. The van der Waals surface area contributed by atoms with Crippen LogP contribution in [0.3, 0.4) is 0 Å². The lowest BCUT2D eigenvalue weighted by molar-refractivity contribution is -0.141. The predicted molar refractivity (Wildman–Crippen MR) is 233 cm³/mol. The molecule has 2 aliphatic heterocycles. The first kappa shape index (κ1) is 39.0. The zero-order valence-corrected chi connectivity index (χ0v) is 35.1. The van der Waals surface area contributed by atoms with Gasteiger partial charge in [-0.15, -0.1) is 0 Å². The van der Waals surface area contributed by atoms with Crippen LogP contribution < -0.4 is 19.9 Å². The molecule has 5 unspecified atom stereocenters. The van der Waals surface area contributed by atoms with E-state index in [1.807, 2.05) is 18.2 Å². The van der Waals surface area contributed by atoms with Gasteiger partial charge >= 0.3 is 5.97 Å². The number of hydrogen-bond donors (Lipinski definition) is 3. The molecular weight excluding hydrogens is 765 g/mol. The summed E-state index contributed by atoms with van der Waals surface area (Å²) in [5.74, 6) is 8.93. The molecule has 0 amide bonds. The van der Waals surface area contributed by atoms with Crippen LogP contribution in [0.1, 0.15) is 121 Å². The second-order valence-corrected chi connectivity index (χ2v) is 18.0. The second kappa shape index (κ2) is 15.1. The molecule has 61 heavy (non-hydrogen) atoms. The smallest absolute Gasteiger partial charge is 0.302 e. The molecule has 5 aromatic rings. The molecule has 0 radical (unpaired) electrons. The minimum absolute atomic E-state index is 0.000725. The molecule has 3 heterocycles. The number of carbonyl (C=O) groups is 1. The first-order chi connectivity index (χ1) is 29.6. The number of nitrogens with zero attached hydrogens (tertiary/aromatic N) is 1. The molecule has 0 saturated heterocycles. The van der Waals surface area contributed by atoms with Crippen molar-refractivity contribution < 1.29 is 34.0 Å². The molecule has 9 heteroatoms. The number of methoxy groups -OCH3 is 2. The number of nitrogens with two attached hydrogens (primary N) is 1. The van der Waals surface area contributed by atoms with Gasteiger partial charge in [0.25, 0.3) is 0 Å². The van der Waals surface area contributed by atoms with Gasteiger partial charge in [-0.3, -0.25) is 4.79 Å². The Kier molecular flexibility index (Phi) is 9.65. The molecule has 4 aromatic carbocycles. The Morgan fingerprint density at radius 1 is 0.902 bits per heavy atom. The number of ether oxygens (including phenoxy) is 4. The van der Waals surface area contributed by atoms with Gasteiger partial charge in [0.2, 0.25) is 0 Å². The van der Waals surface area contributed by atoms with Crippen LogP contribution in [-0.4, -0.2) is 42.0 Å². The van der Waals surface area contributed by atoms with E-state index in [1.165, 1.54) is 32.4 Å². The van der Waals surface area contributed by atoms with Crippen LogP contribution in [-0.2, 0) is 33.2 Å². The van der Waals surface area contributed by atoms with Crippen LogP contribution in [0, 0.1) is 17.8 Å². The third-order valence-electron chi connectivity index (χ3n) is 14.7. The fraction of sp³-hybridized carbons (Fsp3) is 0.385. The summed E-state index contributed by atoms with van der Waals surface area (Å²) in [4.78, 5) is 17.4. The third kappa shape index (κ3) is 6.54. The van der Waals surface area contributed by atoms with Crippen LogP contribution >= 0.6 is 0 Å². The lowest BCUT2D eigenvalue weighted by Gasteiger charge is -2.41. The molecule has 2 fully saturated rings. The first-order valence-corrected chi connectivity index (χ1v) is 21.7. The lowest BCUT2D eigenvalue weighted by atomic mass is 9.63. The molecule has 5 atom stereocenters. The van der Waals surface area contributed by atoms with Crippen molar-refractivity contribution in [3.63, 3.8) is 0 Å². The number of carbonyl (C=O) groups excluding carboxylic acids is 1. The van der Waals surface area contributed by atoms with Crippen molar-refractivity contribution in [1.82, 2.24) is 4.98 Å². The van der Waals surface area contributed by atoms with Crippen molar-refractivity contribution in [2.24, 2.45) is 5.92 Å². The molecular formula is C52H52N2O7. The van der Waals surface area contributed by atoms with Crippen molar-refractivity contribution in [2.45, 2.75) is 99.9 Å². The van der Waals surface area contributed by atoms with E-state index < -0.39 is 6.10 Å². The average molecular weight is 817 g/mol. The first-order valence-electron chi connectivity index (χ1n) is 21.7. The highest BCUT2D eigenvalue weighted by Gasteiger charge is 2.53. The summed E-state index contributed by atoms with van der Waals surface area (Å²) < 4.78 is 24.9. The summed E-state index contributed by atoms with van der Waals surface area (Å²) in [5, 5.41) is 22.3. The number of pyridine rings is 1. The van der Waals surface area contributed by atoms with Gasteiger partial charge in [-0.2, -0.15) is 0 Å². The number of nitrogen functional groups attached to an aromatic ring is 1. The van der Waals surface area contributed by atoms with E-state index in [1.54, 1.807) is 19.2 Å². The molecule has 10 rings (SSSR count). The Hall–Kier alpha value is -6.14. The van der Waals surface area contributed by atoms with Gasteiger partial charge in [-0.25, -0.2) is 4.98 Å². The molecule has 4 bridgehead atoms. The molecule has 312 valence electrons. The van der Waals surface area contributed by atoms with E-state index in [4.69, 9.17) is 29.7 Å².